The molecule has 4 heteroatoms. The minimum atomic E-state index is -0.600. The van der Waals surface area contributed by atoms with Gasteiger partial charge in [-0.25, -0.2) is 0 Å². The second-order valence-corrected chi connectivity index (χ2v) is 5.37. The predicted octanol–water partition coefficient (Wildman–Crippen LogP) is 0.454. The molecular formula is C12H22N2O2. The highest BCUT2D eigenvalue weighted by Crippen LogP contribution is 2.27. The first-order valence-electron chi connectivity index (χ1n) is 6.26. The van der Waals surface area contributed by atoms with E-state index in [9.17, 15) is 9.90 Å². The molecule has 1 unspecified atom stereocenters. The van der Waals surface area contributed by atoms with Gasteiger partial charge in [0, 0.05) is 25.7 Å². The zero-order valence-electron chi connectivity index (χ0n) is 10.3. The largest absolute Gasteiger partial charge is 0.389 e. The molecule has 0 spiro atoms. The normalized spacial score (nSPS) is 30.7. The van der Waals surface area contributed by atoms with Gasteiger partial charge >= 0.3 is 0 Å². The maximum absolute atomic E-state index is 12.0. The SMILES string of the molecule is CCN(C(=O)CN1CCC(C)(O)C1)C1CC1. The Kier molecular flexibility index (Phi) is 3.22. The summed E-state index contributed by atoms with van der Waals surface area (Å²) in [5, 5.41) is 9.83. The molecule has 0 radical (unpaired) electrons. The molecule has 16 heavy (non-hydrogen) atoms. The van der Waals surface area contributed by atoms with Gasteiger partial charge in [-0.3, -0.25) is 9.69 Å². The summed E-state index contributed by atoms with van der Waals surface area (Å²) in [6.07, 6.45) is 3.10. The van der Waals surface area contributed by atoms with E-state index in [4.69, 9.17) is 0 Å². The monoisotopic (exact) mass is 226 g/mol. The van der Waals surface area contributed by atoms with Crippen molar-refractivity contribution in [3.8, 4) is 0 Å². The van der Waals surface area contributed by atoms with Crippen LogP contribution in [0.5, 0.6) is 0 Å². The van der Waals surface area contributed by atoms with Gasteiger partial charge in [-0.05, 0) is 33.1 Å². The van der Waals surface area contributed by atoms with Crippen molar-refractivity contribution in [2.75, 3.05) is 26.2 Å². The van der Waals surface area contributed by atoms with Crippen LogP contribution in [0.2, 0.25) is 0 Å². The quantitative estimate of drug-likeness (QED) is 0.757. The average molecular weight is 226 g/mol. The maximum Gasteiger partial charge on any atom is 0.236 e. The summed E-state index contributed by atoms with van der Waals surface area (Å²) in [4.78, 5) is 16.1. The van der Waals surface area contributed by atoms with Gasteiger partial charge in [-0.1, -0.05) is 0 Å². The first-order valence-corrected chi connectivity index (χ1v) is 6.26. The number of nitrogens with zero attached hydrogens (tertiary/aromatic N) is 2. The smallest absolute Gasteiger partial charge is 0.236 e. The number of likely N-dealkylation sites (N-methyl/N-ethyl adjacent to an activating group) is 1. The summed E-state index contributed by atoms with van der Waals surface area (Å²) >= 11 is 0. The lowest BCUT2D eigenvalue weighted by molar-refractivity contribution is -0.132. The third-order valence-electron chi connectivity index (χ3n) is 3.54. The highest BCUT2D eigenvalue weighted by molar-refractivity contribution is 5.79. The van der Waals surface area contributed by atoms with Crippen LogP contribution < -0.4 is 0 Å². The van der Waals surface area contributed by atoms with Gasteiger partial charge in [0.2, 0.25) is 5.91 Å². The molecule has 0 aromatic rings. The van der Waals surface area contributed by atoms with Crippen LogP contribution in [-0.2, 0) is 4.79 Å². The third-order valence-corrected chi connectivity index (χ3v) is 3.54. The topological polar surface area (TPSA) is 43.8 Å². The van der Waals surface area contributed by atoms with Crippen LogP contribution in [0.4, 0.5) is 0 Å². The predicted molar refractivity (Wildman–Crippen MR) is 62.1 cm³/mol. The Hall–Kier alpha value is -0.610. The van der Waals surface area contributed by atoms with E-state index in [1.807, 2.05) is 18.7 Å². The van der Waals surface area contributed by atoms with E-state index in [1.54, 1.807) is 0 Å². The fraction of sp³-hybridized carbons (Fsp3) is 0.917. The maximum atomic E-state index is 12.0. The average Bonchev–Trinajstić information content (AvgIpc) is 2.94. The molecule has 0 bridgehead atoms. The molecular weight excluding hydrogens is 204 g/mol. The van der Waals surface area contributed by atoms with Crippen molar-refractivity contribution in [3.05, 3.63) is 0 Å². The van der Waals surface area contributed by atoms with Crippen LogP contribution in [0.3, 0.4) is 0 Å². The van der Waals surface area contributed by atoms with Gasteiger partial charge in [0.05, 0.1) is 12.1 Å². The van der Waals surface area contributed by atoms with E-state index in [2.05, 4.69) is 4.90 Å². The fourth-order valence-corrected chi connectivity index (χ4v) is 2.48. The molecule has 1 saturated carbocycles. The Morgan fingerprint density at radius 2 is 2.25 bits per heavy atom. The molecule has 2 aliphatic rings. The number of rotatable bonds is 4. The zero-order chi connectivity index (χ0) is 11.8. The molecule has 1 aliphatic heterocycles. The third kappa shape index (κ3) is 2.74. The second kappa shape index (κ2) is 4.34. The van der Waals surface area contributed by atoms with Crippen molar-refractivity contribution in [1.29, 1.82) is 0 Å². The summed E-state index contributed by atoms with van der Waals surface area (Å²) in [6, 6.07) is 0.501. The van der Waals surface area contributed by atoms with Crippen molar-refractivity contribution < 1.29 is 9.90 Å². The number of hydrogen-bond donors (Lipinski definition) is 1. The van der Waals surface area contributed by atoms with Crippen molar-refractivity contribution in [3.63, 3.8) is 0 Å². The first-order chi connectivity index (χ1) is 7.52. The Morgan fingerprint density at radius 1 is 1.56 bits per heavy atom. The summed E-state index contributed by atoms with van der Waals surface area (Å²) in [6.45, 7) is 6.63. The molecule has 1 heterocycles. The molecule has 1 atom stereocenters. The standard InChI is InChI=1S/C12H22N2O2/c1-3-14(10-4-5-10)11(15)8-13-7-6-12(2,16)9-13/h10,16H,3-9H2,1-2H3. The van der Waals surface area contributed by atoms with Crippen molar-refractivity contribution in [2.45, 2.75) is 44.8 Å². The number of carbonyl (C=O) groups excluding carboxylic acids is 1. The Morgan fingerprint density at radius 3 is 2.69 bits per heavy atom. The van der Waals surface area contributed by atoms with E-state index in [1.165, 1.54) is 0 Å². The molecule has 0 aromatic heterocycles. The van der Waals surface area contributed by atoms with Gasteiger partial charge in [0.1, 0.15) is 0 Å². The minimum absolute atomic E-state index is 0.225. The van der Waals surface area contributed by atoms with Crippen LogP contribution in [0.15, 0.2) is 0 Å². The number of β-amino-alcohol motifs (C(OH)–C–C–N with tert-alkyl or cyclic N) is 1. The van der Waals surface area contributed by atoms with Gasteiger partial charge in [0.15, 0.2) is 0 Å². The second-order valence-electron chi connectivity index (χ2n) is 5.37. The van der Waals surface area contributed by atoms with Crippen LogP contribution in [0.1, 0.15) is 33.1 Å². The molecule has 2 rings (SSSR count). The van der Waals surface area contributed by atoms with E-state index in [0.29, 0.717) is 19.1 Å². The fourth-order valence-electron chi connectivity index (χ4n) is 2.48. The molecule has 92 valence electrons. The zero-order valence-corrected chi connectivity index (χ0v) is 10.3. The highest BCUT2D eigenvalue weighted by atomic mass is 16.3. The Bertz CT molecular complexity index is 274. The molecule has 2 fully saturated rings. The molecule has 1 saturated heterocycles. The van der Waals surface area contributed by atoms with Gasteiger partial charge in [0.25, 0.3) is 0 Å². The van der Waals surface area contributed by atoms with Crippen LogP contribution in [0, 0.1) is 0 Å². The van der Waals surface area contributed by atoms with E-state index >= 15 is 0 Å². The number of aliphatic hydroxyl groups is 1. The number of carbonyl (C=O) groups is 1. The van der Waals surface area contributed by atoms with E-state index in [0.717, 1.165) is 32.4 Å². The summed E-state index contributed by atoms with van der Waals surface area (Å²) in [5.74, 6) is 0.225. The Balaban J connectivity index is 1.82. The van der Waals surface area contributed by atoms with Gasteiger partial charge < -0.3 is 10.0 Å². The molecule has 0 aromatic carbocycles. The van der Waals surface area contributed by atoms with Crippen LogP contribution >= 0.6 is 0 Å². The van der Waals surface area contributed by atoms with Gasteiger partial charge in [-0.15, -0.1) is 0 Å². The van der Waals surface area contributed by atoms with Crippen LogP contribution in [0.25, 0.3) is 0 Å². The number of hydrogen-bond acceptors (Lipinski definition) is 3. The summed E-state index contributed by atoms with van der Waals surface area (Å²) < 4.78 is 0. The Labute approximate surface area is 97.2 Å². The van der Waals surface area contributed by atoms with Crippen molar-refractivity contribution in [2.24, 2.45) is 0 Å². The van der Waals surface area contributed by atoms with Crippen LogP contribution in [-0.4, -0.2) is 58.6 Å². The number of likely N-dealkylation sites (tertiary alicyclic amines) is 1. The molecule has 4 nitrogen and oxygen atoms in total. The van der Waals surface area contributed by atoms with Gasteiger partial charge in [-0.2, -0.15) is 0 Å². The van der Waals surface area contributed by atoms with E-state index in [-0.39, 0.29) is 5.91 Å². The van der Waals surface area contributed by atoms with Crippen molar-refractivity contribution in [1.82, 2.24) is 9.80 Å². The lowest BCUT2D eigenvalue weighted by atomic mass is 10.1. The number of amides is 1. The van der Waals surface area contributed by atoms with E-state index < -0.39 is 5.60 Å². The lowest BCUT2D eigenvalue weighted by Gasteiger charge is -2.24. The minimum Gasteiger partial charge on any atom is -0.389 e. The summed E-state index contributed by atoms with van der Waals surface area (Å²) in [7, 11) is 0. The van der Waals surface area contributed by atoms with Crippen molar-refractivity contribution >= 4 is 5.91 Å². The lowest BCUT2D eigenvalue weighted by Crippen LogP contribution is -2.41. The molecule has 1 N–H and O–H groups in total. The first kappa shape index (κ1) is 11.9. The summed E-state index contributed by atoms with van der Waals surface area (Å²) in [5.41, 5.74) is -0.600. The molecule has 1 aliphatic carbocycles. The molecule has 1 amide bonds. The highest BCUT2D eigenvalue weighted by Gasteiger charge is 2.35.